The van der Waals surface area contributed by atoms with Crippen molar-refractivity contribution in [2.75, 3.05) is 13.9 Å². The summed E-state index contributed by atoms with van der Waals surface area (Å²) in [5.74, 6) is -1.95. The zero-order valence-corrected chi connectivity index (χ0v) is 20.4. The minimum absolute atomic E-state index is 0.0388. The highest BCUT2D eigenvalue weighted by Gasteiger charge is 2.36. The van der Waals surface area contributed by atoms with E-state index in [-0.39, 0.29) is 48.0 Å². The van der Waals surface area contributed by atoms with Gasteiger partial charge in [-0.3, -0.25) is 14.6 Å². The van der Waals surface area contributed by atoms with Crippen LogP contribution in [0.2, 0.25) is 0 Å². The van der Waals surface area contributed by atoms with Crippen LogP contribution in [0.5, 0.6) is 28.7 Å². The number of hydrogen-bond acceptors (Lipinski definition) is 10. The quantitative estimate of drug-likeness (QED) is 0.333. The highest BCUT2D eigenvalue weighted by atomic mass is 16.7. The second-order valence-corrected chi connectivity index (χ2v) is 8.95. The summed E-state index contributed by atoms with van der Waals surface area (Å²) < 4.78 is 21.7. The van der Waals surface area contributed by atoms with Crippen LogP contribution in [0.15, 0.2) is 30.5 Å². The van der Waals surface area contributed by atoms with Gasteiger partial charge in [-0.05, 0) is 37.6 Å². The molecular weight excluding hydrogens is 482 g/mol. The lowest BCUT2D eigenvalue weighted by molar-refractivity contribution is -0.140. The second kappa shape index (κ2) is 9.29. The van der Waals surface area contributed by atoms with E-state index in [1.165, 1.54) is 20.1 Å². The summed E-state index contributed by atoms with van der Waals surface area (Å²) in [6, 6.07) is 6.34. The number of aryl methyl sites for hydroxylation is 1. The number of pyridine rings is 1. The third-order valence-corrected chi connectivity index (χ3v) is 6.77. The lowest BCUT2D eigenvalue weighted by Crippen LogP contribution is -2.13. The Morgan fingerprint density at radius 2 is 1.86 bits per heavy atom. The van der Waals surface area contributed by atoms with Gasteiger partial charge in [0.15, 0.2) is 17.3 Å². The molecule has 2 aliphatic rings. The fourth-order valence-electron chi connectivity index (χ4n) is 4.83. The predicted octanol–water partition coefficient (Wildman–Crippen LogP) is 3.75. The van der Waals surface area contributed by atoms with Crippen molar-refractivity contribution in [3.8, 4) is 28.7 Å². The molecule has 0 saturated heterocycles. The summed E-state index contributed by atoms with van der Waals surface area (Å²) >= 11 is 0. The Kier molecular flexibility index (Phi) is 6.12. The van der Waals surface area contributed by atoms with Gasteiger partial charge in [0.2, 0.25) is 6.79 Å². The van der Waals surface area contributed by atoms with E-state index in [0.29, 0.717) is 33.9 Å². The van der Waals surface area contributed by atoms with Crippen molar-refractivity contribution in [3.63, 3.8) is 0 Å². The van der Waals surface area contributed by atoms with Crippen molar-refractivity contribution in [1.29, 1.82) is 0 Å². The summed E-state index contributed by atoms with van der Waals surface area (Å²) in [6.07, 6.45) is 0.389. The monoisotopic (exact) mass is 507 g/mol. The molecule has 3 heterocycles. The molecule has 0 fully saturated rings. The predicted molar refractivity (Wildman–Crippen MR) is 128 cm³/mol. The van der Waals surface area contributed by atoms with Crippen LogP contribution in [0.3, 0.4) is 0 Å². The van der Waals surface area contributed by atoms with Crippen LogP contribution in [0.4, 0.5) is 0 Å². The topological polar surface area (TPSA) is 145 Å². The van der Waals surface area contributed by atoms with Gasteiger partial charge in [-0.25, -0.2) is 0 Å². The van der Waals surface area contributed by atoms with Crippen molar-refractivity contribution < 1.29 is 43.9 Å². The van der Waals surface area contributed by atoms with E-state index >= 15 is 0 Å². The number of rotatable bonds is 6. The Hall–Kier alpha value is -4.31. The number of phenols is 2. The maximum absolute atomic E-state index is 12.6. The van der Waals surface area contributed by atoms with Gasteiger partial charge in [-0.2, -0.15) is 0 Å². The van der Waals surface area contributed by atoms with Gasteiger partial charge in [0.05, 0.1) is 31.4 Å². The van der Waals surface area contributed by atoms with Crippen LogP contribution < -0.4 is 9.47 Å². The van der Waals surface area contributed by atoms with E-state index in [2.05, 4.69) is 4.98 Å². The fraction of sp³-hybridized carbons (Fsp3) is 0.296. The fourth-order valence-corrected chi connectivity index (χ4v) is 4.83. The molecular formula is C27H25NO9. The number of carbonyl (C=O) groups excluding carboxylic acids is 2. The van der Waals surface area contributed by atoms with E-state index in [1.54, 1.807) is 31.3 Å². The van der Waals surface area contributed by atoms with Gasteiger partial charge in [0, 0.05) is 34.4 Å². The Balaban J connectivity index is 1.73. The van der Waals surface area contributed by atoms with Gasteiger partial charge in [-0.1, -0.05) is 6.07 Å². The second-order valence-electron chi connectivity index (χ2n) is 8.95. The standard InChI is InChI=1S/C27H25NO9/c1-12-24(31)22-15(9-28-12)10-35-27(22)18-7-16(13(2)29)25(32)23(26(18)33)17(8-21(30)34-3)14-4-5-19-20(6-14)37-11-36-19/h4-7,9,17,27,31-33H,8,10-11H2,1-3H3/t17-,27+/m1/s1. The molecule has 10 nitrogen and oxygen atoms in total. The molecule has 10 heteroatoms. The molecule has 0 bridgehead atoms. The Labute approximate surface area is 212 Å². The molecule has 0 radical (unpaired) electrons. The molecule has 1 aromatic heterocycles. The van der Waals surface area contributed by atoms with E-state index in [4.69, 9.17) is 18.9 Å². The Bertz CT molecular complexity index is 1430. The molecule has 192 valence electrons. The van der Waals surface area contributed by atoms with Gasteiger partial charge in [0.1, 0.15) is 23.4 Å². The summed E-state index contributed by atoms with van der Waals surface area (Å²) in [6.45, 7) is 3.08. The SMILES string of the molecule is COC(=O)C[C@H](c1ccc2c(c1)OCO2)c1c(O)c(C(C)=O)cc([C@@H]2OCc3cnc(C)c(O)c32)c1O. The zero-order valence-electron chi connectivity index (χ0n) is 20.4. The van der Waals surface area contributed by atoms with Gasteiger partial charge >= 0.3 is 5.97 Å². The molecule has 0 aliphatic carbocycles. The van der Waals surface area contributed by atoms with Crippen LogP contribution in [0.1, 0.15) is 69.2 Å². The third kappa shape index (κ3) is 4.09. The minimum Gasteiger partial charge on any atom is -0.507 e. The Morgan fingerprint density at radius 3 is 2.59 bits per heavy atom. The number of nitrogens with zero attached hydrogens (tertiary/aromatic N) is 1. The normalized spacial score (nSPS) is 16.4. The zero-order chi connectivity index (χ0) is 26.4. The number of aromatic nitrogens is 1. The smallest absolute Gasteiger partial charge is 0.306 e. The molecule has 0 amide bonds. The number of carbonyl (C=O) groups is 2. The van der Waals surface area contributed by atoms with Crippen molar-refractivity contribution >= 4 is 11.8 Å². The number of methoxy groups -OCH3 is 1. The lowest BCUT2D eigenvalue weighted by Gasteiger charge is -2.24. The van der Waals surface area contributed by atoms with Gasteiger partial charge in [-0.15, -0.1) is 0 Å². The molecule has 2 atom stereocenters. The van der Waals surface area contributed by atoms with E-state index in [9.17, 15) is 24.9 Å². The van der Waals surface area contributed by atoms with E-state index in [0.717, 1.165) is 0 Å². The number of benzene rings is 2. The average molecular weight is 507 g/mol. The molecule has 0 unspecified atom stereocenters. The van der Waals surface area contributed by atoms with Crippen LogP contribution in [0, 0.1) is 6.92 Å². The maximum atomic E-state index is 12.6. The number of Topliss-reactive ketones (excluding diaryl/α,β-unsaturated/α-hetero) is 1. The van der Waals surface area contributed by atoms with Gasteiger partial charge in [0.25, 0.3) is 0 Å². The molecule has 5 rings (SSSR count). The van der Waals surface area contributed by atoms with Crippen LogP contribution >= 0.6 is 0 Å². The first-order valence-corrected chi connectivity index (χ1v) is 11.6. The minimum atomic E-state index is -0.940. The largest absolute Gasteiger partial charge is 0.507 e. The maximum Gasteiger partial charge on any atom is 0.306 e. The number of aromatic hydroxyl groups is 3. The molecule has 2 aliphatic heterocycles. The first-order chi connectivity index (χ1) is 17.7. The molecule has 37 heavy (non-hydrogen) atoms. The number of phenolic OH excluding ortho intramolecular Hbond substituents is 2. The molecule has 3 aromatic rings. The number of fused-ring (bicyclic) bond motifs is 2. The number of hydrogen-bond donors (Lipinski definition) is 3. The highest BCUT2D eigenvalue weighted by Crippen LogP contribution is 2.51. The van der Waals surface area contributed by atoms with E-state index in [1.807, 2.05) is 0 Å². The summed E-state index contributed by atoms with van der Waals surface area (Å²) in [4.78, 5) is 29.2. The summed E-state index contributed by atoms with van der Waals surface area (Å²) in [5, 5.41) is 33.5. The lowest BCUT2D eigenvalue weighted by atomic mass is 9.83. The first-order valence-electron chi connectivity index (χ1n) is 11.6. The highest BCUT2D eigenvalue weighted by molar-refractivity contribution is 5.98. The van der Waals surface area contributed by atoms with Crippen molar-refractivity contribution in [2.24, 2.45) is 0 Å². The number of esters is 1. The van der Waals surface area contributed by atoms with Crippen molar-refractivity contribution in [3.05, 3.63) is 69.5 Å². The molecule has 0 spiro atoms. The summed E-state index contributed by atoms with van der Waals surface area (Å²) in [7, 11) is 1.23. The van der Waals surface area contributed by atoms with Crippen LogP contribution in [0.25, 0.3) is 0 Å². The average Bonchev–Trinajstić information content (AvgIpc) is 3.52. The van der Waals surface area contributed by atoms with Gasteiger partial charge < -0.3 is 34.3 Å². The van der Waals surface area contributed by atoms with E-state index < -0.39 is 29.5 Å². The van der Waals surface area contributed by atoms with Crippen molar-refractivity contribution in [1.82, 2.24) is 4.98 Å². The number of ether oxygens (including phenoxy) is 4. The molecule has 2 aromatic carbocycles. The number of ketones is 1. The summed E-state index contributed by atoms with van der Waals surface area (Å²) in [5.41, 5.74) is 1.99. The Morgan fingerprint density at radius 1 is 1.11 bits per heavy atom. The third-order valence-electron chi connectivity index (χ3n) is 6.77. The first kappa shape index (κ1) is 24.4. The van der Waals surface area contributed by atoms with Crippen LogP contribution in [-0.4, -0.2) is 46.0 Å². The van der Waals surface area contributed by atoms with Crippen LogP contribution in [-0.2, 0) is 20.9 Å². The molecule has 3 N–H and O–H groups in total. The molecule has 0 saturated carbocycles. The van der Waals surface area contributed by atoms with Crippen molar-refractivity contribution in [2.45, 2.75) is 38.9 Å².